The third-order valence-electron chi connectivity index (χ3n) is 3.31. The van der Waals surface area contributed by atoms with Crippen molar-refractivity contribution in [2.75, 3.05) is 6.61 Å². The summed E-state index contributed by atoms with van der Waals surface area (Å²) in [5.41, 5.74) is 2.54. The second-order valence-corrected chi connectivity index (χ2v) is 5.71. The molecule has 114 valence electrons. The van der Waals surface area contributed by atoms with E-state index in [4.69, 9.17) is 4.74 Å². The summed E-state index contributed by atoms with van der Waals surface area (Å²) in [6.07, 6.45) is 0. The fourth-order valence-corrected chi connectivity index (χ4v) is 2.96. The molecule has 0 atom stereocenters. The summed E-state index contributed by atoms with van der Waals surface area (Å²) in [6, 6.07) is 14.0. The lowest BCUT2D eigenvalue weighted by atomic mass is 10.0. The zero-order valence-corrected chi connectivity index (χ0v) is 13.2. The minimum Gasteiger partial charge on any atom is -0.477 e. The third kappa shape index (κ3) is 3.08. The van der Waals surface area contributed by atoms with Gasteiger partial charge in [0.1, 0.15) is 17.4 Å². The average molecular weight is 324 g/mol. The van der Waals surface area contributed by atoms with Crippen molar-refractivity contribution in [3.05, 3.63) is 59.2 Å². The number of nitriles is 1. The normalized spacial score (nSPS) is 10.3. The maximum atomic E-state index is 13.2. The molecule has 0 aliphatic carbocycles. The molecule has 0 aliphatic heterocycles. The van der Waals surface area contributed by atoms with Crippen molar-refractivity contribution < 1.29 is 9.13 Å². The number of nitrogens with zero attached hydrogens (tertiary/aromatic N) is 2. The van der Waals surface area contributed by atoms with E-state index in [1.165, 1.54) is 12.1 Å². The average Bonchev–Trinajstić information content (AvgIpc) is 3.10. The highest BCUT2D eigenvalue weighted by atomic mass is 32.1. The Kier molecular flexibility index (Phi) is 4.35. The minimum absolute atomic E-state index is 0.306. The Hall–Kier alpha value is -2.71. The topological polar surface area (TPSA) is 45.9 Å². The monoisotopic (exact) mass is 324 g/mol. The number of hydrogen-bond acceptors (Lipinski definition) is 4. The van der Waals surface area contributed by atoms with Crippen molar-refractivity contribution in [1.82, 2.24) is 4.98 Å². The molecule has 1 aromatic carbocycles. The molecule has 0 saturated carbocycles. The second kappa shape index (κ2) is 6.59. The molecule has 3 aromatic rings. The van der Waals surface area contributed by atoms with E-state index in [-0.39, 0.29) is 5.82 Å². The van der Waals surface area contributed by atoms with Crippen molar-refractivity contribution in [2.24, 2.45) is 0 Å². The highest BCUT2D eigenvalue weighted by molar-refractivity contribution is 7.13. The molecule has 0 unspecified atom stereocenters. The van der Waals surface area contributed by atoms with Crippen LogP contribution in [0.15, 0.2) is 47.8 Å². The fraction of sp³-hybridized carbons (Fsp3) is 0.111. The van der Waals surface area contributed by atoms with Crippen molar-refractivity contribution in [1.29, 1.82) is 5.26 Å². The minimum atomic E-state index is -0.315. The Morgan fingerprint density at radius 2 is 2.04 bits per heavy atom. The molecule has 0 N–H and O–H groups in total. The molecular formula is C18H13FN2OS. The van der Waals surface area contributed by atoms with Crippen molar-refractivity contribution >= 4 is 11.3 Å². The van der Waals surface area contributed by atoms with Crippen LogP contribution in [0.3, 0.4) is 0 Å². The molecule has 3 rings (SSSR count). The molecular weight excluding hydrogens is 311 g/mol. The summed E-state index contributed by atoms with van der Waals surface area (Å²) in [7, 11) is 0. The van der Waals surface area contributed by atoms with Crippen molar-refractivity contribution in [3.63, 3.8) is 0 Å². The molecule has 2 aromatic heterocycles. The van der Waals surface area contributed by atoms with Gasteiger partial charge >= 0.3 is 0 Å². The predicted octanol–water partition coefficient (Wildman–Crippen LogP) is 4.89. The molecule has 0 aliphatic rings. The van der Waals surface area contributed by atoms with E-state index in [2.05, 4.69) is 11.1 Å². The quantitative estimate of drug-likeness (QED) is 0.686. The number of hydrogen-bond donors (Lipinski definition) is 0. The lowest BCUT2D eigenvalue weighted by molar-refractivity contribution is 0.326. The number of pyridine rings is 1. The predicted molar refractivity (Wildman–Crippen MR) is 88.8 cm³/mol. The van der Waals surface area contributed by atoms with Crippen LogP contribution in [0, 0.1) is 17.1 Å². The van der Waals surface area contributed by atoms with E-state index in [0.29, 0.717) is 23.6 Å². The molecule has 0 fully saturated rings. The molecule has 23 heavy (non-hydrogen) atoms. The van der Waals surface area contributed by atoms with Crippen LogP contribution in [-0.4, -0.2) is 11.6 Å². The summed E-state index contributed by atoms with van der Waals surface area (Å²) in [5.74, 6) is -0.00921. The Bertz CT molecular complexity index is 852. The lowest BCUT2D eigenvalue weighted by Crippen LogP contribution is -2.00. The van der Waals surface area contributed by atoms with E-state index in [1.54, 1.807) is 23.5 Å². The first-order valence-electron chi connectivity index (χ1n) is 7.10. The summed E-state index contributed by atoms with van der Waals surface area (Å²) in [5, 5.41) is 11.5. The standard InChI is InChI=1S/C18H13FN2OS/c1-2-22-18-15(11-20)14(12-5-7-13(19)8-6-12)10-16(21-18)17-4-3-9-23-17/h3-10H,2H2,1H3. The molecule has 2 heterocycles. The number of aromatic nitrogens is 1. The van der Waals surface area contributed by atoms with Crippen LogP contribution >= 0.6 is 11.3 Å². The summed E-state index contributed by atoms with van der Waals surface area (Å²) in [6.45, 7) is 2.26. The van der Waals surface area contributed by atoms with Gasteiger partial charge in [-0.25, -0.2) is 9.37 Å². The Morgan fingerprint density at radius 3 is 2.65 bits per heavy atom. The largest absolute Gasteiger partial charge is 0.477 e. The van der Waals surface area contributed by atoms with Crippen LogP contribution in [0.2, 0.25) is 0 Å². The molecule has 0 spiro atoms. The van der Waals surface area contributed by atoms with Gasteiger partial charge in [-0.15, -0.1) is 11.3 Å². The SMILES string of the molecule is CCOc1nc(-c2cccs2)cc(-c2ccc(F)cc2)c1C#N. The van der Waals surface area contributed by atoms with Gasteiger partial charge in [0.25, 0.3) is 0 Å². The van der Waals surface area contributed by atoms with E-state index in [0.717, 1.165) is 16.1 Å². The van der Waals surface area contributed by atoms with Crippen molar-refractivity contribution in [2.45, 2.75) is 6.92 Å². The summed E-state index contributed by atoms with van der Waals surface area (Å²) >= 11 is 1.56. The lowest BCUT2D eigenvalue weighted by Gasteiger charge is -2.12. The van der Waals surface area contributed by atoms with E-state index >= 15 is 0 Å². The number of benzene rings is 1. The van der Waals surface area contributed by atoms with Gasteiger partial charge < -0.3 is 4.74 Å². The smallest absolute Gasteiger partial charge is 0.232 e. The van der Waals surface area contributed by atoms with Crippen LogP contribution < -0.4 is 4.74 Å². The van der Waals surface area contributed by atoms with Gasteiger partial charge in [-0.1, -0.05) is 18.2 Å². The number of ether oxygens (including phenoxy) is 1. The zero-order chi connectivity index (χ0) is 16.2. The third-order valence-corrected chi connectivity index (χ3v) is 4.20. The first kappa shape index (κ1) is 15.2. The van der Waals surface area contributed by atoms with Crippen LogP contribution in [0.5, 0.6) is 5.88 Å². The molecule has 3 nitrogen and oxygen atoms in total. The molecule has 0 bridgehead atoms. The number of halogens is 1. The first-order chi connectivity index (χ1) is 11.2. The van der Waals surface area contributed by atoms with E-state index in [1.807, 2.05) is 30.5 Å². The van der Waals surface area contributed by atoms with Crippen molar-refractivity contribution in [3.8, 4) is 33.6 Å². The Morgan fingerprint density at radius 1 is 1.26 bits per heavy atom. The van der Waals surface area contributed by atoms with Gasteiger partial charge in [-0.3, -0.25) is 0 Å². The van der Waals surface area contributed by atoms with Crippen LogP contribution in [0.1, 0.15) is 12.5 Å². The second-order valence-electron chi connectivity index (χ2n) is 4.76. The number of rotatable bonds is 4. The van der Waals surface area contributed by atoms with Gasteiger partial charge in [0.15, 0.2) is 0 Å². The highest BCUT2D eigenvalue weighted by Crippen LogP contribution is 2.34. The van der Waals surface area contributed by atoms with Gasteiger partial charge in [0.2, 0.25) is 5.88 Å². The van der Waals surface area contributed by atoms with Crippen LogP contribution in [-0.2, 0) is 0 Å². The fourth-order valence-electron chi connectivity index (χ4n) is 2.28. The maximum Gasteiger partial charge on any atom is 0.232 e. The van der Waals surface area contributed by atoms with E-state index < -0.39 is 0 Å². The maximum absolute atomic E-state index is 13.2. The van der Waals surface area contributed by atoms with Gasteiger partial charge in [0, 0.05) is 5.56 Å². The summed E-state index contributed by atoms with van der Waals surface area (Å²) in [4.78, 5) is 5.46. The Labute approximate surface area is 137 Å². The molecule has 0 amide bonds. The van der Waals surface area contributed by atoms with E-state index in [9.17, 15) is 9.65 Å². The van der Waals surface area contributed by atoms with Gasteiger partial charge in [-0.05, 0) is 42.1 Å². The highest BCUT2D eigenvalue weighted by Gasteiger charge is 2.16. The van der Waals surface area contributed by atoms with Crippen LogP contribution in [0.25, 0.3) is 21.7 Å². The first-order valence-corrected chi connectivity index (χ1v) is 7.98. The van der Waals surface area contributed by atoms with Crippen LogP contribution in [0.4, 0.5) is 4.39 Å². The molecule has 0 radical (unpaired) electrons. The summed E-state index contributed by atoms with van der Waals surface area (Å²) < 4.78 is 18.7. The zero-order valence-electron chi connectivity index (χ0n) is 12.4. The Balaban J connectivity index is 2.23. The van der Waals surface area contributed by atoms with Gasteiger partial charge in [-0.2, -0.15) is 5.26 Å². The number of thiophene rings is 1. The van der Waals surface area contributed by atoms with Gasteiger partial charge in [0.05, 0.1) is 17.2 Å². The molecule has 0 saturated heterocycles. The molecule has 5 heteroatoms.